The molecule has 1 aliphatic carbocycles. The van der Waals surface area contributed by atoms with Gasteiger partial charge < -0.3 is 15.1 Å². The third-order valence-corrected chi connectivity index (χ3v) is 6.38. The predicted octanol–water partition coefficient (Wildman–Crippen LogP) is 1.13. The fraction of sp³-hybridized carbons (Fsp3) is 0.900. The van der Waals surface area contributed by atoms with E-state index < -0.39 is 0 Å². The Bertz CT molecular complexity index is 440. The lowest BCUT2D eigenvalue weighted by molar-refractivity contribution is -0.903. The molecule has 0 radical (unpaired) electrons. The zero-order valence-corrected chi connectivity index (χ0v) is 15.7. The van der Waals surface area contributed by atoms with E-state index in [-0.39, 0.29) is 17.7 Å². The molecule has 0 aromatic carbocycles. The van der Waals surface area contributed by atoms with Crippen molar-refractivity contribution in [2.45, 2.75) is 76.7 Å². The largest absolute Gasteiger partial charge is 0.350 e. The van der Waals surface area contributed by atoms with Crippen molar-refractivity contribution in [1.82, 2.24) is 10.2 Å². The summed E-state index contributed by atoms with van der Waals surface area (Å²) in [6.07, 6.45) is 13.0. The smallest absolute Gasteiger partial charge is 0.225 e. The SMILES string of the molecule is O=C(NCC[NH+]1CCCCC1)C1CC(=O)N(C2CCCCCCC2)C1. The van der Waals surface area contributed by atoms with Crippen LogP contribution in [0.5, 0.6) is 0 Å². The molecule has 2 N–H and O–H groups in total. The Morgan fingerprint density at radius 1 is 1.00 bits per heavy atom. The molecule has 3 fully saturated rings. The van der Waals surface area contributed by atoms with Crippen LogP contribution in [0.25, 0.3) is 0 Å². The van der Waals surface area contributed by atoms with Crippen LogP contribution in [0.3, 0.4) is 0 Å². The van der Waals surface area contributed by atoms with Gasteiger partial charge in [0.1, 0.15) is 0 Å². The Labute approximate surface area is 152 Å². The highest BCUT2D eigenvalue weighted by molar-refractivity contribution is 5.89. The second-order valence-electron chi connectivity index (χ2n) is 8.30. The summed E-state index contributed by atoms with van der Waals surface area (Å²) in [5.41, 5.74) is 0. The van der Waals surface area contributed by atoms with Gasteiger partial charge in [-0.15, -0.1) is 0 Å². The molecular weight excluding hydrogens is 314 g/mol. The van der Waals surface area contributed by atoms with Crippen LogP contribution in [0, 0.1) is 5.92 Å². The van der Waals surface area contributed by atoms with Gasteiger partial charge in [0, 0.05) is 19.0 Å². The van der Waals surface area contributed by atoms with Crippen LogP contribution in [0.4, 0.5) is 0 Å². The Balaban J connectivity index is 1.41. The average Bonchev–Trinajstić information content (AvgIpc) is 2.97. The molecule has 1 unspecified atom stereocenters. The lowest BCUT2D eigenvalue weighted by atomic mass is 9.96. The molecule has 5 heteroatoms. The van der Waals surface area contributed by atoms with E-state index in [9.17, 15) is 9.59 Å². The summed E-state index contributed by atoms with van der Waals surface area (Å²) in [5, 5.41) is 3.10. The van der Waals surface area contributed by atoms with Gasteiger partial charge in [0.25, 0.3) is 0 Å². The van der Waals surface area contributed by atoms with Gasteiger partial charge in [-0.2, -0.15) is 0 Å². The van der Waals surface area contributed by atoms with Crippen LogP contribution in [-0.2, 0) is 9.59 Å². The third-order valence-electron chi connectivity index (χ3n) is 6.38. The van der Waals surface area contributed by atoms with Crippen molar-refractivity contribution in [2.75, 3.05) is 32.7 Å². The molecule has 3 rings (SSSR count). The topological polar surface area (TPSA) is 53.9 Å². The number of amides is 2. The van der Waals surface area contributed by atoms with Gasteiger partial charge in [-0.3, -0.25) is 9.59 Å². The van der Waals surface area contributed by atoms with Gasteiger partial charge in [0.15, 0.2) is 0 Å². The highest BCUT2D eigenvalue weighted by Gasteiger charge is 2.37. The number of quaternary nitrogens is 1. The Morgan fingerprint density at radius 3 is 2.36 bits per heavy atom. The predicted molar refractivity (Wildman–Crippen MR) is 98.4 cm³/mol. The van der Waals surface area contributed by atoms with Crippen molar-refractivity contribution in [3.05, 3.63) is 0 Å². The fourth-order valence-corrected chi connectivity index (χ4v) is 4.82. The number of carbonyl (C=O) groups excluding carboxylic acids is 2. The van der Waals surface area contributed by atoms with Gasteiger partial charge in [-0.25, -0.2) is 0 Å². The average molecular weight is 351 g/mol. The summed E-state index contributed by atoms with van der Waals surface area (Å²) in [4.78, 5) is 28.6. The first-order valence-electron chi connectivity index (χ1n) is 10.6. The van der Waals surface area contributed by atoms with Gasteiger partial charge in [0.05, 0.1) is 32.1 Å². The number of carbonyl (C=O) groups is 2. The minimum absolute atomic E-state index is 0.0955. The van der Waals surface area contributed by atoms with E-state index in [2.05, 4.69) is 5.32 Å². The lowest BCUT2D eigenvalue weighted by Gasteiger charge is -2.29. The van der Waals surface area contributed by atoms with E-state index in [1.54, 1.807) is 4.90 Å². The van der Waals surface area contributed by atoms with E-state index >= 15 is 0 Å². The summed E-state index contributed by atoms with van der Waals surface area (Å²) < 4.78 is 0. The van der Waals surface area contributed by atoms with E-state index in [4.69, 9.17) is 0 Å². The summed E-state index contributed by atoms with van der Waals surface area (Å²) in [6.45, 7) is 4.91. The molecular formula is C20H36N3O2+. The molecule has 5 nitrogen and oxygen atoms in total. The molecule has 2 saturated heterocycles. The molecule has 3 aliphatic rings. The fourth-order valence-electron chi connectivity index (χ4n) is 4.82. The van der Waals surface area contributed by atoms with Gasteiger partial charge in [0.2, 0.25) is 11.8 Å². The molecule has 25 heavy (non-hydrogen) atoms. The zero-order chi connectivity index (χ0) is 17.5. The first-order valence-corrected chi connectivity index (χ1v) is 10.6. The number of nitrogens with zero attached hydrogens (tertiary/aromatic N) is 1. The number of piperidine rings is 1. The summed E-state index contributed by atoms with van der Waals surface area (Å²) in [6, 6.07) is 0.378. The van der Waals surface area contributed by atoms with Gasteiger partial charge in [-0.05, 0) is 32.1 Å². The standard InChI is InChI=1S/C20H35N3O2/c24-19-15-17(16-23(19)18-9-5-2-1-3-6-10-18)20(25)21-11-14-22-12-7-4-8-13-22/h17-18H,1-16H2,(H,21,25)/p+1. The number of hydrogen-bond acceptors (Lipinski definition) is 2. The van der Waals surface area contributed by atoms with E-state index in [1.807, 2.05) is 4.90 Å². The molecule has 2 heterocycles. The Morgan fingerprint density at radius 2 is 1.64 bits per heavy atom. The van der Waals surface area contributed by atoms with Crippen LogP contribution in [0.2, 0.25) is 0 Å². The highest BCUT2D eigenvalue weighted by Crippen LogP contribution is 2.27. The first-order chi connectivity index (χ1) is 12.2. The number of nitrogens with one attached hydrogen (secondary N) is 2. The summed E-state index contributed by atoms with van der Waals surface area (Å²) in [5.74, 6) is 0.166. The maximum absolute atomic E-state index is 12.5. The molecule has 2 aliphatic heterocycles. The van der Waals surface area contributed by atoms with Crippen molar-refractivity contribution < 1.29 is 14.5 Å². The van der Waals surface area contributed by atoms with Crippen molar-refractivity contribution in [3.63, 3.8) is 0 Å². The van der Waals surface area contributed by atoms with Gasteiger partial charge >= 0.3 is 0 Å². The first kappa shape index (κ1) is 18.7. The molecule has 0 aromatic rings. The zero-order valence-electron chi connectivity index (χ0n) is 15.7. The Kier molecular flexibility index (Phi) is 7.14. The van der Waals surface area contributed by atoms with E-state index in [0.717, 1.165) is 25.9 Å². The lowest BCUT2D eigenvalue weighted by Crippen LogP contribution is -3.13. The monoisotopic (exact) mass is 350 g/mol. The normalized spacial score (nSPS) is 27.1. The minimum atomic E-state index is -0.130. The Hall–Kier alpha value is -1.10. The van der Waals surface area contributed by atoms with Crippen molar-refractivity contribution in [2.24, 2.45) is 5.92 Å². The molecule has 0 bridgehead atoms. The second-order valence-corrected chi connectivity index (χ2v) is 8.30. The van der Waals surface area contributed by atoms with E-state index in [1.165, 1.54) is 64.5 Å². The summed E-state index contributed by atoms with van der Waals surface area (Å²) in [7, 11) is 0. The highest BCUT2D eigenvalue weighted by atomic mass is 16.2. The summed E-state index contributed by atoms with van der Waals surface area (Å²) >= 11 is 0. The maximum atomic E-state index is 12.5. The van der Waals surface area contributed by atoms with Crippen molar-refractivity contribution in [3.8, 4) is 0 Å². The quantitative estimate of drug-likeness (QED) is 0.781. The number of likely N-dealkylation sites (tertiary alicyclic amines) is 2. The maximum Gasteiger partial charge on any atom is 0.225 e. The minimum Gasteiger partial charge on any atom is -0.350 e. The van der Waals surface area contributed by atoms with Crippen LogP contribution in [0.1, 0.15) is 70.6 Å². The molecule has 0 spiro atoms. The molecule has 1 atom stereocenters. The third kappa shape index (κ3) is 5.44. The van der Waals surface area contributed by atoms with Crippen molar-refractivity contribution >= 4 is 11.8 Å². The van der Waals surface area contributed by atoms with Crippen molar-refractivity contribution in [1.29, 1.82) is 0 Å². The molecule has 0 aromatic heterocycles. The second kappa shape index (κ2) is 9.56. The van der Waals surface area contributed by atoms with Gasteiger partial charge in [-0.1, -0.05) is 32.1 Å². The van der Waals surface area contributed by atoms with Crippen LogP contribution < -0.4 is 10.2 Å². The molecule has 142 valence electrons. The van der Waals surface area contributed by atoms with Crippen LogP contribution >= 0.6 is 0 Å². The van der Waals surface area contributed by atoms with Crippen LogP contribution in [-0.4, -0.2) is 55.5 Å². The van der Waals surface area contributed by atoms with E-state index in [0.29, 0.717) is 19.0 Å². The molecule has 1 saturated carbocycles. The van der Waals surface area contributed by atoms with Crippen LogP contribution in [0.15, 0.2) is 0 Å². The number of rotatable bonds is 5. The molecule has 2 amide bonds. The number of hydrogen-bond donors (Lipinski definition) is 2.